The van der Waals surface area contributed by atoms with Crippen molar-refractivity contribution in [2.45, 2.75) is 20.4 Å². The van der Waals surface area contributed by atoms with E-state index in [1.807, 2.05) is 30.3 Å². The lowest BCUT2D eigenvalue weighted by Gasteiger charge is -2.23. The van der Waals surface area contributed by atoms with Gasteiger partial charge in [-0.2, -0.15) is 0 Å². The van der Waals surface area contributed by atoms with Gasteiger partial charge in [0.15, 0.2) is 5.78 Å². The summed E-state index contributed by atoms with van der Waals surface area (Å²) in [5.74, 6) is -0.0191. The fourth-order valence-electron chi connectivity index (χ4n) is 2.06. The van der Waals surface area contributed by atoms with Crippen molar-refractivity contribution in [1.82, 2.24) is 4.98 Å². The van der Waals surface area contributed by atoms with Gasteiger partial charge in [-0.05, 0) is 44.2 Å². The first kappa shape index (κ1) is 14.5. The Bertz CT molecular complexity index is 599. The quantitative estimate of drug-likeness (QED) is 0.781. The van der Waals surface area contributed by atoms with Crippen molar-refractivity contribution in [2.24, 2.45) is 0 Å². The summed E-state index contributed by atoms with van der Waals surface area (Å²) in [6.45, 7) is 5.15. The average Bonchev–Trinajstić information content (AvgIpc) is 2.45. The van der Waals surface area contributed by atoms with Crippen molar-refractivity contribution >= 4 is 23.1 Å². The van der Waals surface area contributed by atoms with Gasteiger partial charge in [0.25, 0.3) is 0 Å². The summed E-state index contributed by atoms with van der Waals surface area (Å²) in [6, 6.07) is 11.4. The molecule has 1 aromatic carbocycles. The van der Waals surface area contributed by atoms with E-state index in [0.717, 1.165) is 17.9 Å². The van der Waals surface area contributed by atoms with Crippen LogP contribution in [0.4, 0.5) is 5.69 Å². The van der Waals surface area contributed by atoms with Gasteiger partial charge in [0, 0.05) is 24.0 Å². The number of carbonyl (C=O) groups is 1. The second kappa shape index (κ2) is 6.53. The van der Waals surface area contributed by atoms with E-state index in [1.54, 1.807) is 12.3 Å². The lowest BCUT2D eigenvalue weighted by Crippen LogP contribution is -2.22. The monoisotopic (exact) mass is 288 g/mol. The number of nitrogens with zero attached hydrogens (tertiary/aromatic N) is 2. The van der Waals surface area contributed by atoms with E-state index in [2.05, 4.69) is 16.8 Å². The fourth-order valence-corrected chi connectivity index (χ4v) is 2.37. The van der Waals surface area contributed by atoms with Crippen molar-refractivity contribution in [3.63, 3.8) is 0 Å². The SMILES string of the molecule is CCN(Cc1ccccn1)c1ccc(C(C)=O)c(Cl)c1. The molecule has 0 bridgehead atoms. The molecule has 1 heterocycles. The number of carbonyl (C=O) groups excluding carboxylic acids is 1. The Morgan fingerprint density at radius 1 is 1.30 bits per heavy atom. The largest absolute Gasteiger partial charge is 0.366 e. The van der Waals surface area contributed by atoms with E-state index in [1.165, 1.54) is 6.92 Å². The molecule has 1 aromatic heterocycles. The minimum absolute atomic E-state index is 0.0191. The van der Waals surface area contributed by atoms with E-state index in [4.69, 9.17) is 11.6 Å². The van der Waals surface area contributed by atoms with Crippen LogP contribution in [0.2, 0.25) is 5.02 Å². The Morgan fingerprint density at radius 2 is 2.10 bits per heavy atom. The molecule has 104 valence electrons. The summed E-state index contributed by atoms with van der Waals surface area (Å²) in [7, 11) is 0. The van der Waals surface area contributed by atoms with Gasteiger partial charge in [-0.3, -0.25) is 9.78 Å². The van der Waals surface area contributed by atoms with Gasteiger partial charge in [0.05, 0.1) is 17.3 Å². The molecule has 2 aromatic rings. The third-order valence-corrected chi connectivity index (χ3v) is 3.47. The predicted molar refractivity (Wildman–Crippen MR) is 82.4 cm³/mol. The summed E-state index contributed by atoms with van der Waals surface area (Å²) in [4.78, 5) is 17.9. The molecule has 0 fully saturated rings. The molecular formula is C16H17ClN2O. The van der Waals surface area contributed by atoms with Crippen molar-refractivity contribution in [3.05, 3.63) is 58.9 Å². The molecule has 4 heteroatoms. The normalized spacial score (nSPS) is 10.3. The third kappa shape index (κ3) is 3.36. The minimum Gasteiger partial charge on any atom is -0.366 e. The number of anilines is 1. The first-order valence-corrected chi connectivity index (χ1v) is 6.95. The lowest BCUT2D eigenvalue weighted by molar-refractivity contribution is 0.101. The fraction of sp³-hybridized carbons (Fsp3) is 0.250. The van der Waals surface area contributed by atoms with Gasteiger partial charge < -0.3 is 4.90 Å². The third-order valence-electron chi connectivity index (χ3n) is 3.16. The van der Waals surface area contributed by atoms with Crippen molar-refractivity contribution < 1.29 is 4.79 Å². The van der Waals surface area contributed by atoms with Gasteiger partial charge in [-0.15, -0.1) is 0 Å². The van der Waals surface area contributed by atoms with Crippen LogP contribution < -0.4 is 4.90 Å². The number of aromatic nitrogens is 1. The maximum atomic E-state index is 11.4. The van der Waals surface area contributed by atoms with Crippen molar-refractivity contribution in [2.75, 3.05) is 11.4 Å². The molecule has 0 saturated heterocycles. The molecule has 0 amide bonds. The Kier molecular flexibility index (Phi) is 4.74. The summed E-state index contributed by atoms with van der Waals surface area (Å²) >= 11 is 6.17. The van der Waals surface area contributed by atoms with Crippen LogP contribution in [-0.4, -0.2) is 17.3 Å². The molecule has 0 aliphatic heterocycles. The van der Waals surface area contributed by atoms with Crippen molar-refractivity contribution in [1.29, 1.82) is 0 Å². The number of pyridine rings is 1. The van der Waals surface area contributed by atoms with Gasteiger partial charge in [0.1, 0.15) is 0 Å². The van der Waals surface area contributed by atoms with E-state index < -0.39 is 0 Å². The molecule has 20 heavy (non-hydrogen) atoms. The smallest absolute Gasteiger partial charge is 0.161 e. The zero-order valence-electron chi connectivity index (χ0n) is 11.6. The highest BCUT2D eigenvalue weighted by molar-refractivity contribution is 6.34. The maximum Gasteiger partial charge on any atom is 0.161 e. The van der Waals surface area contributed by atoms with Crippen LogP contribution in [0, 0.1) is 0 Å². The molecule has 0 N–H and O–H groups in total. The Balaban J connectivity index is 2.24. The molecule has 3 nitrogen and oxygen atoms in total. The van der Waals surface area contributed by atoms with E-state index in [-0.39, 0.29) is 5.78 Å². The second-order valence-electron chi connectivity index (χ2n) is 4.56. The maximum absolute atomic E-state index is 11.4. The van der Waals surface area contributed by atoms with E-state index in [9.17, 15) is 4.79 Å². The predicted octanol–water partition coefficient (Wildman–Crippen LogP) is 3.96. The zero-order valence-corrected chi connectivity index (χ0v) is 12.4. The second-order valence-corrected chi connectivity index (χ2v) is 4.96. The molecule has 0 saturated carbocycles. The highest BCUT2D eigenvalue weighted by atomic mass is 35.5. The molecular weight excluding hydrogens is 272 g/mol. The van der Waals surface area contributed by atoms with Crippen LogP contribution in [0.25, 0.3) is 0 Å². The minimum atomic E-state index is -0.0191. The summed E-state index contributed by atoms with van der Waals surface area (Å²) in [6.07, 6.45) is 1.79. The van der Waals surface area contributed by atoms with Crippen LogP contribution in [0.3, 0.4) is 0 Å². The molecule has 0 atom stereocenters. The highest BCUT2D eigenvalue weighted by Gasteiger charge is 2.10. The Labute approximate surface area is 124 Å². The summed E-state index contributed by atoms with van der Waals surface area (Å²) in [5, 5.41) is 0.495. The van der Waals surface area contributed by atoms with Crippen LogP contribution in [0.1, 0.15) is 29.9 Å². The lowest BCUT2D eigenvalue weighted by atomic mass is 10.1. The van der Waals surface area contributed by atoms with Crippen LogP contribution in [0.15, 0.2) is 42.6 Å². The first-order valence-electron chi connectivity index (χ1n) is 6.57. The number of benzene rings is 1. The number of halogens is 1. The number of hydrogen-bond donors (Lipinski definition) is 0. The van der Waals surface area contributed by atoms with Gasteiger partial charge in [-0.25, -0.2) is 0 Å². The number of Topliss-reactive ketones (excluding diaryl/α,β-unsaturated/α-hetero) is 1. The number of hydrogen-bond acceptors (Lipinski definition) is 3. The highest BCUT2D eigenvalue weighted by Crippen LogP contribution is 2.25. The van der Waals surface area contributed by atoms with E-state index in [0.29, 0.717) is 17.1 Å². The molecule has 0 radical (unpaired) electrons. The van der Waals surface area contributed by atoms with Gasteiger partial charge in [-0.1, -0.05) is 17.7 Å². The number of rotatable bonds is 5. The van der Waals surface area contributed by atoms with Crippen LogP contribution >= 0.6 is 11.6 Å². The van der Waals surface area contributed by atoms with Gasteiger partial charge in [0.2, 0.25) is 0 Å². The molecule has 0 aliphatic rings. The molecule has 2 rings (SSSR count). The van der Waals surface area contributed by atoms with E-state index >= 15 is 0 Å². The first-order chi connectivity index (χ1) is 9.61. The summed E-state index contributed by atoms with van der Waals surface area (Å²) in [5.41, 5.74) is 2.55. The molecule has 0 aliphatic carbocycles. The zero-order chi connectivity index (χ0) is 14.5. The van der Waals surface area contributed by atoms with Gasteiger partial charge >= 0.3 is 0 Å². The summed E-state index contributed by atoms with van der Waals surface area (Å²) < 4.78 is 0. The Hall–Kier alpha value is -1.87. The topological polar surface area (TPSA) is 33.2 Å². The van der Waals surface area contributed by atoms with Crippen LogP contribution in [0.5, 0.6) is 0 Å². The average molecular weight is 289 g/mol. The molecule has 0 unspecified atom stereocenters. The number of ketones is 1. The standard InChI is InChI=1S/C16H17ClN2O/c1-3-19(11-13-6-4-5-9-18-13)14-7-8-15(12(2)20)16(17)10-14/h4-10H,3,11H2,1-2H3. The van der Waals surface area contributed by atoms with Crippen LogP contribution in [-0.2, 0) is 6.54 Å². The molecule has 0 spiro atoms. The van der Waals surface area contributed by atoms with Crippen molar-refractivity contribution in [3.8, 4) is 0 Å². The Morgan fingerprint density at radius 3 is 2.65 bits per heavy atom.